The molecule has 0 unspecified atom stereocenters. The average molecular weight is 110 g/mol. The minimum Gasteiger partial charge on any atom is -0.427 e. The number of hydrogen-bond acceptors (Lipinski definition) is 3. The van der Waals surface area contributed by atoms with Gasteiger partial charge in [-0.25, -0.2) is 0 Å². The average Bonchev–Trinajstić information content (AvgIpc) is 1.38. The molecule has 0 amide bonds. The second-order valence-corrected chi connectivity index (χ2v) is 3.10. The molecule has 0 aliphatic carbocycles. The predicted molar refractivity (Wildman–Crippen MR) is 22.6 cm³/mol. The first kappa shape index (κ1) is 5.31. The Bertz CT molecular complexity index is 18.9. The number of rotatable bonds is 1. The van der Waals surface area contributed by atoms with Crippen LogP contribution in [-0.4, -0.2) is 29.6 Å². The quantitative estimate of drug-likeness (QED) is 0.353. The zero-order chi connectivity index (χ0) is 4.28. The van der Waals surface area contributed by atoms with E-state index in [9.17, 15) is 0 Å². The smallest absolute Gasteiger partial charge is 0.427 e. The van der Waals surface area contributed by atoms with Crippen LogP contribution < -0.4 is 0 Å². The van der Waals surface area contributed by atoms with Gasteiger partial charge in [-0.3, -0.25) is 0 Å². The topological polar surface area (TPSA) is 49.7 Å². The lowest BCUT2D eigenvalue weighted by Gasteiger charge is -1.89. The summed E-state index contributed by atoms with van der Waals surface area (Å²) >= 11 is 0. The molecule has 0 saturated heterocycles. The van der Waals surface area contributed by atoms with Crippen molar-refractivity contribution in [3.8, 4) is 0 Å². The van der Waals surface area contributed by atoms with Gasteiger partial charge in [-0.15, -0.1) is 0 Å². The first-order valence-electron chi connectivity index (χ1n) is 1.16. The van der Waals surface area contributed by atoms with E-state index in [1.165, 1.54) is 0 Å². The second kappa shape index (κ2) is 2.55. The van der Waals surface area contributed by atoms with Crippen LogP contribution in [0, 0.1) is 0 Å². The van der Waals surface area contributed by atoms with Crippen LogP contribution in [0.4, 0.5) is 0 Å². The van der Waals surface area contributed by atoms with E-state index in [0.717, 1.165) is 0 Å². The molecular formula is H6O3Si2. The lowest BCUT2D eigenvalue weighted by atomic mass is 15.7. The molecule has 0 radical (unpaired) electrons. The molecule has 0 fully saturated rings. The molecule has 0 atom stereocenters. The van der Waals surface area contributed by atoms with Crippen LogP contribution in [0.3, 0.4) is 0 Å². The zero-order valence-corrected chi connectivity index (χ0v) is 6.03. The van der Waals surface area contributed by atoms with Gasteiger partial charge < -0.3 is 13.7 Å². The third kappa shape index (κ3) is 4.31. The standard InChI is InChI=1S/H6O3Si2/c1-5(2)3-4/h1-2,5H,4H3. The molecule has 0 aliphatic rings. The largest absolute Gasteiger partial charge is 0.467 e. The minimum atomic E-state index is -2.59. The van der Waals surface area contributed by atoms with Gasteiger partial charge in [0.15, 0.2) is 0 Å². The second-order valence-electron chi connectivity index (χ2n) is 0.562. The lowest BCUT2D eigenvalue weighted by molar-refractivity contribution is 0.299. The molecule has 0 saturated carbocycles. The van der Waals surface area contributed by atoms with Crippen molar-refractivity contribution in [2.24, 2.45) is 0 Å². The molecule has 2 N–H and O–H groups in total. The summed E-state index contributed by atoms with van der Waals surface area (Å²) in [6, 6.07) is 0. The highest BCUT2D eigenvalue weighted by Gasteiger charge is 1.91. The van der Waals surface area contributed by atoms with E-state index in [0.29, 0.717) is 10.5 Å². The Morgan fingerprint density at radius 3 is 1.80 bits per heavy atom. The Labute approximate surface area is 34.7 Å². The molecular weight excluding hydrogens is 104 g/mol. The van der Waals surface area contributed by atoms with Gasteiger partial charge in [-0.05, 0) is 0 Å². The van der Waals surface area contributed by atoms with E-state index in [-0.39, 0.29) is 0 Å². The van der Waals surface area contributed by atoms with E-state index < -0.39 is 9.53 Å². The molecule has 0 aromatic heterocycles. The van der Waals surface area contributed by atoms with Crippen LogP contribution in [0.15, 0.2) is 0 Å². The molecule has 0 bridgehead atoms. The Hall–Kier alpha value is 0.314. The highest BCUT2D eigenvalue weighted by atomic mass is 28.4. The van der Waals surface area contributed by atoms with Crippen LogP contribution >= 0.6 is 0 Å². The molecule has 5 heteroatoms. The van der Waals surface area contributed by atoms with Crippen LogP contribution in [0.5, 0.6) is 0 Å². The van der Waals surface area contributed by atoms with Crippen LogP contribution in [0.2, 0.25) is 0 Å². The molecule has 32 valence electrons. The first-order chi connectivity index (χ1) is 2.27. The Morgan fingerprint density at radius 2 is 1.80 bits per heavy atom. The predicted octanol–water partition coefficient (Wildman–Crippen LogP) is -3.01. The lowest BCUT2D eigenvalue weighted by Crippen LogP contribution is -2.13. The Balaban J connectivity index is 2.54. The highest BCUT2D eigenvalue weighted by Crippen LogP contribution is 1.58. The summed E-state index contributed by atoms with van der Waals surface area (Å²) in [5, 5.41) is 0. The van der Waals surface area contributed by atoms with Gasteiger partial charge in [0.25, 0.3) is 0 Å². The highest BCUT2D eigenvalue weighted by molar-refractivity contribution is 6.38. The number of hydrogen-bond donors (Lipinski definition) is 2. The van der Waals surface area contributed by atoms with Crippen molar-refractivity contribution in [2.75, 3.05) is 0 Å². The molecule has 0 heterocycles. The SMILES string of the molecule is O[SiH](O)O[SiH3]. The van der Waals surface area contributed by atoms with Crippen molar-refractivity contribution < 1.29 is 13.7 Å². The first-order valence-corrected chi connectivity index (χ1v) is 3.48. The molecule has 0 aromatic carbocycles. The van der Waals surface area contributed by atoms with E-state index in [2.05, 4.69) is 4.12 Å². The summed E-state index contributed by atoms with van der Waals surface area (Å²) in [7, 11) is -2.15. The van der Waals surface area contributed by atoms with Crippen LogP contribution in [0.25, 0.3) is 0 Å². The fourth-order valence-corrected chi connectivity index (χ4v) is 0. The molecule has 0 spiro atoms. The molecule has 0 rings (SSSR count). The van der Waals surface area contributed by atoms with Crippen molar-refractivity contribution in [2.45, 2.75) is 0 Å². The summed E-state index contributed by atoms with van der Waals surface area (Å²) in [4.78, 5) is 15.7. The maximum atomic E-state index is 7.87. The van der Waals surface area contributed by atoms with Gasteiger partial charge in [0.2, 0.25) is 0 Å². The fraction of sp³-hybridized carbons (Fsp3) is 0. The van der Waals surface area contributed by atoms with E-state index in [1.54, 1.807) is 0 Å². The summed E-state index contributed by atoms with van der Waals surface area (Å²) < 4.78 is 4.14. The van der Waals surface area contributed by atoms with Crippen molar-refractivity contribution in [1.29, 1.82) is 0 Å². The van der Waals surface area contributed by atoms with Gasteiger partial charge >= 0.3 is 9.53 Å². The van der Waals surface area contributed by atoms with Crippen molar-refractivity contribution in [3.63, 3.8) is 0 Å². The van der Waals surface area contributed by atoms with Crippen molar-refractivity contribution >= 4 is 20.0 Å². The monoisotopic (exact) mass is 110 g/mol. The van der Waals surface area contributed by atoms with E-state index >= 15 is 0 Å². The summed E-state index contributed by atoms with van der Waals surface area (Å²) in [5.74, 6) is 0. The zero-order valence-electron chi connectivity index (χ0n) is 2.88. The van der Waals surface area contributed by atoms with Crippen LogP contribution in [-0.2, 0) is 4.12 Å². The Kier molecular flexibility index (Phi) is 2.71. The van der Waals surface area contributed by atoms with Crippen LogP contribution in [0.1, 0.15) is 0 Å². The summed E-state index contributed by atoms with van der Waals surface area (Å²) in [6.45, 7) is 0. The maximum absolute atomic E-state index is 7.87. The molecule has 0 aromatic rings. The fourth-order valence-electron chi connectivity index (χ4n) is 0. The third-order valence-electron chi connectivity index (χ3n) is 0.211. The normalized spacial score (nSPS) is 10.2. The van der Waals surface area contributed by atoms with Gasteiger partial charge in [0, 0.05) is 0 Å². The van der Waals surface area contributed by atoms with Gasteiger partial charge in [-0.1, -0.05) is 0 Å². The molecule has 3 nitrogen and oxygen atoms in total. The molecule has 5 heavy (non-hydrogen) atoms. The molecule has 0 aliphatic heterocycles. The summed E-state index contributed by atoms with van der Waals surface area (Å²) in [5.41, 5.74) is 0. The van der Waals surface area contributed by atoms with Crippen molar-refractivity contribution in [3.05, 3.63) is 0 Å². The maximum Gasteiger partial charge on any atom is 0.467 e. The van der Waals surface area contributed by atoms with Gasteiger partial charge in [0.05, 0.1) is 0 Å². The van der Waals surface area contributed by atoms with Gasteiger partial charge in [0.1, 0.15) is 10.5 Å². The van der Waals surface area contributed by atoms with E-state index in [4.69, 9.17) is 9.59 Å². The third-order valence-corrected chi connectivity index (χ3v) is 1.90. The van der Waals surface area contributed by atoms with Gasteiger partial charge in [-0.2, -0.15) is 0 Å². The van der Waals surface area contributed by atoms with Crippen molar-refractivity contribution in [1.82, 2.24) is 0 Å². The van der Waals surface area contributed by atoms with E-state index in [1.807, 2.05) is 0 Å². The Morgan fingerprint density at radius 1 is 1.60 bits per heavy atom. The minimum absolute atomic E-state index is 0.435. The summed E-state index contributed by atoms with van der Waals surface area (Å²) in [6.07, 6.45) is 0.